The Hall–Kier alpha value is -1.75. The molecule has 2 rings (SSSR count). The zero-order chi connectivity index (χ0) is 20.2. The SMILES string of the molecule is CC(C)NC(=O)NC(=O)C[NH+]1CCN(S(=O)(=O)c2ccc(F)c(Cl)c2)CC1. The first-order chi connectivity index (χ1) is 12.6. The normalized spacial score (nSPS) is 16.3. The summed E-state index contributed by atoms with van der Waals surface area (Å²) in [6.45, 7) is 4.87. The fourth-order valence-corrected chi connectivity index (χ4v) is 4.42. The highest BCUT2D eigenvalue weighted by Gasteiger charge is 2.31. The van der Waals surface area contributed by atoms with Gasteiger partial charge in [-0.2, -0.15) is 4.31 Å². The van der Waals surface area contributed by atoms with E-state index < -0.39 is 27.8 Å². The Morgan fingerprint density at radius 2 is 1.93 bits per heavy atom. The molecule has 0 saturated carbocycles. The molecule has 0 unspecified atom stereocenters. The van der Waals surface area contributed by atoms with E-state index in [1.165, 1.54) is 10.4 Å². The van der Waals surface area contributed by atoms with E-state index in [0.717, 1.165) is 17.0 Å². The fourth-order valence-electron chi connectivity index (χ4n) is 2.70. The summed E-state index contributed by atoms with van der Waals surface area (Å²) < 4.78 is 39.8. The van der Waals surface area contributed by atoms with Crippen LogP contribution in [-0.2, 0) is 14.8 Å². The number of piperazine rings is 1. The van der Waals surface area contributed by atoms with Gasteiger partial charge in [0.2, 0.25) is 10.0 Å². The van der Waals surface area contributed by atoms with Gasteiger partial charge in [-0.3, -0.25) is 10.1 Å². The van der Waals surface area contributed by atoms with E-state index in [9.17, 15) is 22.4 Å². The van der Waals surface area contributed by atoms with Gasteiger partial charge in [-0.05, 0) is 32.0 Å². The van der Waals surface area contributed by atoms with Gasteiger partial charge >= 0.3 is 6.03 Å². The summed E-state index contributed by atoms with van der Waals surface area (Å²) >= 11 is 5.67. The van der Waals surface area contributed by atoms with Crippen molar-refractivity contribution in [3.63, 3.8) is 0 Å². The minimum absolute atomic E-state index is 0.0690. The molecule has 11 heteroatoms. The van der Waals surface area contributed by atoms with Gasteiger partial charge in [-0.1, -0.05) is 11.6 Å². The number of hydrogen-bond acceptors (Lipinski definition) is 4. The first-order valence-electron chi connectivity index (χ1n) is 8.48. The molecule has 1 aliphatic rings. The van der Waals surface area contributed by atoms with Crippen molar-refractivity contribution >= 4 is 33.6 Å². The number of benzene rings is 1. The molecule has 0 spiro atoms. The summed E-state index contributed by atoms with van der Waals surface area (Å²) in [7, 11) is -3.78. The van der Waals surface area contributed by atoms with Crippen LogP contribution in [0.1, 0.15) is 13.8 Å². The number of sulfonamides is 1. The predicted molar refractivity (Wildman–Crippen MR) is 97.5 cm³/mol. The Kier molecular flexibility index (Phi) is 7.15. The van der Waals surface area contributed by atoms with Gasteiger partial charge < -0.3 is 10.2 Å². The lowest BCUT2D eigenvalue weighted by molar-refractivity contribution is -0.895. The Balaban J connectivity index is 1.90. The molecule has 0 aliphatic carbocycles. The van der Waals surface area contributed by atoms with Gasteiger partial charge in [0.25, 0.3) is 5.91 Å². The van der Waals surface area contributed by atoms with Crippen molar-refractivity contribution in [1.29, 1.82) is 0 Å². The molecule has 27 heavy (non-hydrogen) atoms. The van der Waals surface area contributed by atoms with Gasteiger partial charge in [0, 0.05) is 6.04 Å². The summed E-state index contributed by atoms with van der Waals surface area (Å²) in [5, 5.41) is 4.55. The van der Waals surface area contributed by atoms with Gasteiger partial charge in [0.05, 0.1) is 36.1 Å². The Morgan fingerprint density at radius 1 is 1.30 bits per heavy atom. The largest absolute Gasteiger partial charge is 0.336 e. The average molecular weight is 422 g/mol. The van der Waals surface area contributed by atoms with Crippen LogP contribution in [0.2, 0.25) is 5.02 Å². The highest BCUT2D eigenvalue weighted by Crippen LogP contribution is 2.22. The van der Waals surface area contributed by atoms with E-state index in [4.69, 9.17) is 11.6 Å². The van der Waals surface area contributed by atoms with E-state index >= 15 is 0 Å². The number of nitrogens with zero attached hydrogens (tertiary/aromatic N) is 1. The van der Waals surface area contributed by atoms with E-state index in [1.54, 1.807) is 13.8 Å². The first kappa shape index (κ1) is 21.5. The molecule has 1 aromatic rings. The maximum absolute atomic E-state index is 13.3. The number of halogens is 2. The lowest BCUT2D eigenvalue weighted by Gasteiger charge is -2.31. The van der Waals surface area contributed by atoms with Gasteiger partial charge in [-0.25, -0.2) is 17.6 Å². The molecule has 1 aromatic carbocycles. The van der Waals surface area contributed by atoms with Gasteiger partial charge in [0.15, 0.2) is 6.54 Å². The molecular weight excluding hydrogens is 399 g/mol. The summed E-state index contributed by atoms with van der Waals surface area (Å²) in [4.78, 5) is 24.2. The molecule has 1 heterocycles. The molecule has 1 aliphatic heterocycles. The van der Waals surface area contributed by atoms with Crippen LogP contribution >= 0.6 is 11.6 Å². The molecule has 8 nitrogen and oxygen atoms in total. The fraction of sp³-hybridized carbons (Fsp3) is 0.500. The lowest BCUT2D eigenvalue weighted by Crippen LogP contribution is -3.15. The van der Waals surface area contributed by atoms with Crippen molar-refractivity contribution in [2.24, 2.45) is 0 Å². The van der Waals surface area contributed by atoms with Crippen LogP contribution in [0.15, 0.2) is 23.1 Å². The minimum atomic E-state index is -3.78. The molecule has 0 radical (unpaired) electrons. The van der Waals surface area contributed by atoms with Crippen molar-refractivity contribution in [1.82, 2.24) is 14.9 Å². The maximum atomic E-state index is 13.3. The van der Waals surface area contributed by atoms with Crippen LogP contribution in [-0.4, -0.2) is 63.4 Å². The molecule has 0 aromatic heterocycles. The van der Waals surface area contributed by atoms with Crippen LogP contribution in [0, 0.1) is 5.82 Å². The van der Waals surface area contributed by atoms with E-state index in [0.29, 0.717) is 13.1 Å². The van der Waals surface area contributed by atoms with Crippen molar-refractivity contribution in [2.45, 2.75) is 24.8 Å². The molecule has 3 N–H and O–H groups in total. The molecule has 1 saturated heterocycles. The van der Waals surface area contributed by atoms with E-state index in [1.807, 2.05) is 0 Å². The zero-order valence-corrected chi connectivity index (χ0v) is 16.7. The number of imide groups is 1. The smallest absolute Gasteiger partial charge is 0.321 e. The third-order valence-corrected chi connectivity index (χ3v) is 6.23. The van der Waals surface area contributed by atoms with Crippen LogP contribution in [0.3, 0.4) is 0 Å². The predicted octanol–water partition coefficient (Wildman–Crippen LogP) is -0.397. The van der Waals surface area contributed by atoms with Crippen molar-refractivity contribution in [3.8, 4) is 0 Å². The van der Waals surface area contributed by atoms with Crippen molar-refractivity contribution in [3.05, 3.63) is 29.0 Å². The topological polar surface area (TPSA) is 100 Å². The second-order valence-electron chi connectivity index (χ2n) is 6.58. The summed E-state index contributed by atoms with van der Waals surface area (Å²) in [6, 6.07) is 2.65. The Labute approximate surface area is 162 Å². The lowest BCUT2D eigenvalue weighted by atomic mass is 10.3. The number of nitrogens with one attached hydrogen (secondary N) is 3. The first-order valence-corrected chi connectivity index (χ1v) is 10.3. The summed E-state index contributed by atoms with van der Waals surface area (Å²) in [5.74, 6) is -1.11. The third kappa shape index (κ3) is 5.86. The highest BCUT2D eigenvalue weighted by molar-refractivity contribution is 7.89. The second-order valence-corrected chi connectivity index (χ2v) is 8.93. The highest BCUT2D eigenvalue weighted by atomic mass is 35.5. The quantitative estimate of drug-likeness (QED) is 0.602. The minimum Gasteiger partial charge on any atom is -0.336 e. The van der Waals surface area contributed by atoms with Crippen molar-refractivity contribution in [2.75, 3.05) is 32.7 Å². The van der Waals surface area contributed by atoms with E-state index in [2.05, 4.69) is 10.6 Å². The molecule has 1 fully saturated rings. The second kappa shape index (κ2) is 8.96. The molecule has 0 atom stereocenters. The number of hydrogen-bond donors (Lipinski definition) is 3. The number of quaternary nitrogens is 1. The standard InChI is InChI=1S/C16H22ClFN4O4S/c1-11(2)19-16(24)20-15(23)10-21-5-7-22(8-6-21)27(25,26)12-3-4-14(18)13(17)9-12/h3-4,9,11H,5-8,10H2,1-2H3,(H2,19,20,23,24)/p+1. The van der Waals surface area contributed by atoms with Crippen LogP contribution < -0.4 is 15.5 Å². The molecule has 150 valence electrons. The average Bonchev–Trinajstić information content (AvgIpc) is 2.56. The number of amides is 3. The maximum Gasteiger partial charge on any atom is 0.321 e. The van der Waals surface area contributed by atoms with Crippen LogP contribution in [0.4, 0.5) is 9.18 Å². The number of rotatable bonds is 5. The zero-order valence-electron chi connectivity index (χ0n) is 15.1. The number of carbonyl (C=O) groups excluding carboxylic acids is 2. The Morgan fingerprint density at radius 3 is 2.48 bits per heavy atom. The van der Waals surface area contributed by atoms with Crippen LogP contribution in [0.5, 0.6) is 0 Å². The van der Waals surface area contributed by atoms with Gasteiger partial charge in [0.1, 0.15) is 5.82 Å². The molecule has 0 bridgehead atoms. The van der Waals surface area contributed by atoms with Crippen molar-refractivity contribution < 1.29 is 27.3 Å². The molecular formula is C16H23ClFN4O4S+. The monoisotopic (exact) mass is 421 g/mol. The Bertz CT molecular complexity index is 811. The number of urea groups is 1. The summed E-state index contributed by atoms with van der Waals surface area (Å²) in [6.07, 6.45) is 0. The van der Waals surface area contributed by atoms with Gasteiger partial charge in [-0.15, -0.1) is 0 Å². The van der Waals surface area contributed by atoms with E-state index in [-0.39, 0.29) is 35.6 Å². The summed E-state index contributed by atoms with van der Waals surface area (Å²) in [5.41, 5.74) is 0. The van der Waals surface area contributed by atoms with Crippen LogP contribution in [0.25, 0.3) is 0 Å². The molecule has 3 amide bonds. The third-order valence-electron chi connectivity index (χ3n) is 4.04. The number of carbonyl (C=O) groups is 2.